The van der Waals surface area contributed by atoms with Gasteiger partial charge in [0.2, 0.25) is 10.0 Å². The van der Waals surface area contributed by atoms with Crippen molar-refractivity contribution in [2.45, 2.75) is 11.3 Å². The molecule has 21 heavy (non-hydrogen) atoms. The Kier molecular flexibility index (Phi) is 6.79. The first kappa shape index (κ1) is 18.1. The van der Waals surface area contributed by atoms with E-state index in [1.54, 1.807) is 19.2 Å². The van der Waals surface area contributed by atoms with Crippen LogP contribution in [-0.4, -0.2) is 53.0 Å². The van der Waals surface area contributed by atoms with Gasteiger partial charge in [-0.25, -0.2) is 12.7 Å². The molecular weight excluding hydrogens is 360 g/mol. The van der Waals surface area contributed by atoms with E-state index in [0.717, 1.165) is 4.31 Å². The molecule has 0 aliphatic heterocycles. The number of carbonyl (C=O) groups is 1. The molecule has 0 heterocycles. The van der Waals surface area contributed by atoms with Gasteiger partial charge in [-0.05, 0) is 40.5 Å². The lowest BCUT2D eigenvalue weighted by atomic mass is 10.2. The van der Waals surface area contributed by atoms with Crippen LogP contribution in [0.5, 0.6) is 0 Å². The SMILES string of the molecule is COCCCNC(=O)c1ccc(Br)c(S(=O)(=O)N(C)C)c1. The second-order valence-corrected chi connectivity index (χ2v) is 7.51. The third-order valence-corrected chi connectivity index (χ3v) is 5.57. The number of hydrogen-bond donors (Lipinski definition) is 1. The third kappa shape index (κ3) is 4.77. The second kappa shape index (κ2) is 7.88. The minimum Gasteiger partial charge on any atom is -0.385 e. The average molecular weight is 379 g/mol. The van der Waals surface area contributed by atoms with Crippen molar-refractivity contribution in [2.24, 2.45) is 0 Å². The van der Waals surface area contributed by atoms with Crippen LogP contribution in [0.3, 0.4) is 0 Å². The molecule has 0 unspecified atom stereocenters. The fraction of sp³-hybridized carbons (Fsp3) is 0.462. The Labute approximate surface area is 133 Å². The molecule has 0 radical (unpaired) electrons. The van der Waals surface area contributed by atoms with E-state index in [1.807, 2.05) is 0 Å². The fourth-order valence-electron chi connectivity index (χ4n) is 1.56. The summed E-state index contributed by atoms with van der Waals surface area (Å²) in [5, 5.41) is 2.72. The Bertz CT molecular complexity index is 602. The van der Waals surface area contributed by atoms with Gasteiger partial charge in [-0.1, -0.05) is 0 Å². The van der Waals surface area contributed by atoms with E-state index in [2.05, 4.69) is 21.2 Å². The normalized spacial score (nSPS) is 11.7. The van der Waals surface area contributed by atoms with E-state index < -0.39 is 10.0 Å². The van der Waals surface area contributed by atoms with Crippen molar-refractivity contribution >= 4 is 31.9 Å². The van der Waals surface area contributed by atoms with Crippen LogP contribution < -0.4 is 5.32 Å². The van der Waals surface area contributed by atoms with Gasteiger partial charge >= 0.3 is 0 Å². The van der Waals surface area contributed by atoms with Gasteiger partial charge in [0, 0.05) is 44.4 Å². The summed E-state index contributed by atoms with van der Waals surface area (Å²) in [5.74, 6) is -0.311. The van der Waals surface area contributed by atoms with Crippen molar-refractivity contribution in [1.29, 1.82) is 0 Å². The van der Waals surface area contributed by atoms with Crippen LogP contribution in [0.2, 0.25) is 0 Å². The zero-order chi connectivity index (χ0) is 16.0. The van der Waals surface area contributed by atoms with E-state index in [1.165, 1.54) is 20.2 Å². The fourth-order valence-corrected chi connectivity index (χ4v) is 3.40. The number of hydrogen-bond acceptors (Lipinski definition) is 4. The van der Waals surface area contributed by atoms with Gasteiger partial charge < -0.3 is 10.1 Å². The highest BCUT2D eigenvalue weighted by Crippen LogP contribution is 2.25. The maximum atomic E-state index is 12.2. The molecule has 0 bridgehead atoms. The monoisotopic (exact) mass is 378 g/mol. The first-order chi connectivity index (χ1) is 9.80. The van der Waals surface area contributed by atoms with Crippen LogP contribution in [0.1, 0.15) is 16.8 Å². The van der Waals surface area contributed by atoms with Crippen LogP contribution in [0.15, 0.2) is 27.6 Å². The summed E-state index contributed by atoms with van der Waals surface area (Å²) >= 11 is 3.20. The molecule has 1 amide bonds. The van der Waals surface area contributed by atoms with Crippen molar-refractivity contribution in [3.8, 4) is 0 Å². The van der Waals surface area contributed by atoms with E-state index in [0.29, 0.717) is 29.6 Å². The summed E-state index contributed by atoms with van der Waals surface area (Å²) in [4.78, 5) is 12.1. The molecule has 118 valence electrons. The molecule has 0 fully saturated rings. The van der Waals surface area contributed by atoms with Gasteiger partial charge in [-0.2, -0.15) is 0 Å². The molecule has 0 saturated carbocycles. The number of halogens is 1. The molecule has 8 heteroatoms. The van der Waals surface area contributed by atoms with E-state index in [4.69, 9.17) is 4.74 Å². The molecule has 0 saturated heterocycles. The Balaban J connectivity index is 2.94. The smallest absolute Gasteiger partial charge is 0.251 e. The summed E-state index contributed by atoms with van der Waals surface area (Å²) in [6.45, 7) is 1.03. The molecule has 0 spiro atoms. The molecule has 0 aliphatic rings. The standard InChI is InChI=1S/C13H19BrN2O4S/c1-16(2)21(18,19)12-9-10(5-6-11(12)14)13(17)15-7-4-8-20-3/h5-6,9H,4,7-8H2,1-3H3,(H,15,17). The Morgan fingerprint density at radius 1 is 1.38 bits per heavy atom. The van der Waals surface area contributed by atoms with Gasteiger partial charge in [0.15, 0.2) is 0 Å². The average Bonchev–Trinajstić information content (AvgIpc) is 2.43. The molecule has 1 aromatic carbocycles. The number of amides is 1. The van der Waals surface area contributed by atoms with E-state index >= 15 is 0 Å². The van der Waals surface area contributed by atoms with Crippen molar-refractivity contribution in [3.05, 3.63) is 28.2 Å². The van der Waals surface area contributed by atoms with E-state index in [-0.39, 0.29) is 10.8 Å². The number of ether oxygens (including phenoxy) is 1. The lowest BCUT2D eigenvalue weighted by Gasteiger charge is -2.14. The number of benzene rings is 1. The highest BCUT2D eigenvalue weighted by Gasteiger charge is 2.22. The number of nitrogens with one attached hydrogen (secondary N) is 1. The van der Waals surface area contributed by atoms with Gasteiger partial charge in [0.05, 0.1) is 4.90 Å². The van der Waals surface area contributed by atoms with Gasteiger partial charge in [0.25, 0.3) is 5.91 Å². The highest BCUT2D eigenvalue weighted by atomic mass is 79.9. The molecule has 1 aromatic rings. The molecule has 6 nitrogen and oxygen atoms in total. The zero-order valence-electron chi connectivity index (χ0n) is 12.2. The van der Waals surface area contributed by atoms with E-state index in [9.17, 15) is 13.2 Å². The van der Waals surface area contributed by atoms with Crippen molar-refractivity contribution in [3.63, 3.8) is 0 Å². The Morgan fingerprint density at radius 3 is 2.62 bits per heavy atom. The Morgan fingerprint density at radius 2 is 2.05 bits per heavy atom. The van der Waals surface area contributed by atoms with Crippen LogP contribution in [0, 0.1) is 0 Å². The number of methoxy groups -OCH3 is 1. The number of nitrogens with zero attached hydrogens (tertiary/aromatic N) is 1. The van der Waals surface area contributed by atoms with Gasteiger partial charge in [-0.3, -0.25) is 4.79 Å². The van der Waals surface area contributed by atoms with Crippen LogP contribution in [0.25, 0.3) is 0 Å². The lowest BCUT2D eigenvalue weighted by Crippen LogP contribution is -2.26. The third-order valence-electron chi connectivity index (χ3n) is 2.76. The summed E-state index contributed by atoms with van der Waals surface area (Å²) in [5.41, 5.74) is 0.302. The number of sulfonamides is 1. The first-order valence-electron chi connectivity index (χ1n) is 6.30. The largest absolute Gasteiger partial charge is 0.385 e. The van der Waals surface area contributed by atoms with Crippen LogP contribution >= 0.6 is 15.9 Å². The number of carbonyl (C=O) groups excluding carboxylic acids is 1. The maximum absolute atomic E-state index is 12.2. The maximum Gasteiger partial charge on any atom is 0.251 e. The molecule has 0 atom stereocenters. The minimum atomic E-state index is -3.61. The van der Waals surface area contributed by atoms with Crippen LogP contribution in [0.4, 0.5) is 0 Å². The molecule has 0 aromatic heterocycles. The lowest BCUT2D eigenvalue weighted by molar-refractivity contribution is 0.0948. The predicted octanol–water partition coefficient (Wildman–Crippen LogP) is 1.47. The summed E-state index contributed by atoms with van der Waals surface area (Å²) < 4.78 is 30.8. The Hall–Kier alpha value is -0.960. The molecular formula is C13H19BrN2O4S. The second-order valence-electron chi connectivity index (χ2n) is 4.53. The quantitative estimate of drug-likeness (QED) is 0.728. The zero-order valence-corrected chi connectivity index (χ0v) is 14.6. The van der Waals surface area contributed by atoms with Crippen molar-refractivity contribution < 1.29 is 17.9 Å². The summed E-state index contributed by atoms with van der Waals surface area (Å²) in [7, 11) is 0.873. The summed E-state index contributed by atoms with van der Waals surface area (Å²) in [6, 6.07) is 4.50. The van der Waals surface area contributed by atoms with Crippen molar-refractivity contribution in [2.75, 3.05) is 34.4 Å². The van der Waals surface area contributed by atoms with Crippen LogP contribution in [-0.2, 0) is 14.8 Å². The first-order valence-corrected chi connectivity index (χ1v) is 8.53. The van der Waals surface area contributed by atoms with Gasteiger partial charge in [-0.15, -0.1) is 0 Å². The topological polar surface area (TPSA) is 75.7 Å². The highest BCUT2D eigenvalue weighted by molar-refractivity contribution is 9.10. The molecule has 1 rings (SSSR count). The molecule has 1 N–H and O–H groups in total. The van der Waals surface area contributed by atoms with Gasteiger partial charge in [0.1, 0.15) is 0 Å². The number of rotatable bonds is 7. The predicted molar refractivity (Wildman–Crippen MR) is 83.8 cm³/mol. The summed E-state index contributed by atoms with van der Waals surface area (Å²) in [6.07, 6.45) is 0.696. The van der Waals surface area contributed by atoms with Crippen molar-refractivity contribution in [1.82, 2.24) is 9.62 Å². The molecule has 0 aliphatic carbocycles. The minimum absolute atomic E-state index is 0.0667.